The Kier molecular flexibility index (Phi) is 2.94. The van der Waals surface area contributed by atoms with Crippen LogP contribution in [-0.4, -0.2) is 12.6 Å². The Morgan fingerprint density at radius 1 is 1.33 bits per heavy atom. The van der Waals surface area contributed by atoms with Crippen molar-refractivity contribution in [3.05, 3.63) is 24.3 Å². The molecule has 0 heterocycles. The topological polar surface area (TPSA) is 61.3 Å². The molecule has 1 unspecified atom stereocenters. The lowest BCUT2D eigenvalue weighted by atomic mass is 10.3. The first-order chi connectivity index (χ1) is 5.68. The minimum Gasteiger partial charge on any atom is -0.492 e. The van der Waals surface area contributed by atoms with E-state index in [1.54, 1.807) is 12.1 Å². The summed E-state index contributed by atoms with van der Waals surface area (Å²) in [6, 6.07) is 7.32. The van der Waals surface area contributed by atoms with Crippen molar-refractivity contribution < 1.29 is 4.74 Å². The highest BCUT2D eigenvalue weighted by Gasteiger charge is 1.95. The van der Waals surface area contributed by atoms with Gasteiger partial charge < -0.3 is 16.2 Å². The van der Waals surface area contributed by atoms with Gasteiger partial charge in [-0.1, -0.05) is 0 Å². The molecule has 0 bridgehead atoms. The van der Waals surface area contributed by atoms with Gasteiger partial charge in [0.1, 0.15) is 12.4 Å². The monoisotopic (exact) mass is 166 g/mol. The van der Waals surface area contributed by atoms with Crippen LogP contribution in [0.4, 0.5) is 5.69 Å². The highest BCUT2D eigenvalue weighted by atomic mass is 16.5. The lowest BCUT2D eigenvalue weighted by Gasteiger charge is -2.08. The molecular formula is C9H14N2O. The van der Waals surface area contributed by atoms with Gasteiger partial charge in [-0.3, -0.25) is 0 Å². The maximum atomic E-state index is 5.52. The molecule has 0 aliphatic heterocycles. The predicted octanol–water partition coefficient (Wildman–Crippen LogP) is 0.995. The Morgan fingerprint density at radius 2 is 1.92 bits per heavy atom. The number of rotatable bonds is 3. The van der Waals surface area contributed by atoms with Gasteiger partial charge in [-0.25, -0.2) is 0 Å². The third-order valence-corrected chi connectivity index (χ3v) is 1.39. The second-order valence-electron chi connectivity index (χ2n) is 2.86. The van der Waals surface area contributed by atoms with E-state index in [4.69, 9.17) is 16.2 Å². The molecule has 0 aliphatic carbocycles. The molecule has 1 aromatic carbocycles. The molecule has 1 atom stereocenters. The summed E-state index contributed by atoms with van der Waals surface area (Å²) in [4.78, 5) is 0. The first kappa shape index (κ1) is 8.87. The third kappa shape index (κ3) is 2.80. The predicted molar refractivity (Wildman–Crippen MR) is 50.0 cm³/mol. The molecule has 0 spiro atoms. The van der Waals surface area contributed by atoms with E-state index < -0.39 is 0 Å². The number of nitrogen functional groups attached to an aromatic ring is 1. The zero-order chi connectivity index (χ0) is 8.97. The van der Waals surface area contributed by atoms with Crippen molar-refractivity contribution in [2.45, 2.75) is 13.0 Å². The van der Waals surface area contributed by atoms with E-state index in [0.29, 0.717) is 6.61 Å². The minimum absolute atomic E-state index is 0.0579. The Labute approximate surface area is 72.3 Å². The van der Waals surface area contributed by atoms with Crippen molar-refractivity contribution in [2.75, 3.05) is 12.3 Å². The van der Waals surface area contributed by atoms with Gasteiger partial charge in [-0.05, 0) is 31.2 Å². The molecule has 0 radical (unpaired) electrons. The van der Waals surface area contributed by atoms with Gasteiger partial charge in [0.05, 0.1) is 0 Å². The second kappa shape index (κ2) is 3.97. The van der Waals surface area contributed by atoms with Crippen LogP contribution < -0.4 is 16.2 Å². The number of hydrogen-bond donors (Lipinski definition) is 2. The fraction of sp³-hybridized carbons (Fsp3) is 0.333. The molecule has 66 valence electrons. The van der Waals surface area contributed by atoms with Crippen LogP contribution in [0.5, 0.6) is 5.75 Å². The molecule has 4 N–H and O–H groups in total. The Bertz CT molecular complexity index is 231. The quantitative estimate of drug-likeness (QED) is 0.658. The van der Waals surface area contributed by atoms with E-state index in [1.165, 1.54) is 0 Å². The van der Waals surface area contributed by atoms with Crippen molar-refractivity contribution in [1.82, 2.24) is 0 Å². The number of anilines is 1. The van der Waals surface area contributed by atoms with Crippen LogP contribution in [-0.2, 0) is 0 Å². The number of hydrogen-bond acceptors (Lipinski definition) is 3. The van der Waals surface area contributed by atoms with Gasteiger partial charge >= 0.3 is 0 Å². The van der Waals surface area contributed by atoms with Crippen LogP contribution in [0.25, 0.3) is 0 Å². The van der Waals surface area contributed by atoms with Crippen molar-refractivity contribution in [3.63, 3.8) is 0 Å². The van der Waals surface area contributed by atoms with Crippen molar-refractivity contribution in [2.24, 2.45) is 5.73 Å². The molecule has 0 fully saturated rings. The average Bonchev–Trinajstić information content (AvgIpc) is 2.03. The van der Waals surface area contributed by atoms with Crippen LogP contribution in [0, 0.1) is 0 Å². The summed E-state index contributed by atoms with van der Waals surface area (Å²) < 4.78 is 5.34. The average molecular weight is 166 g/mol. The first-order valence-electron chi connectivity index (χ1n) is 3.92. The van der Waals surface area contributed by atoms with Crippen LogP contribution in [0.15, 0.2) is 24.3 Å². The standard InChI is InChI=1S/C9H14N2O/c1-7(10)6-12-9-4-2-8(11)3-5-9/h2-5,7H,6,10-11H2,1H3. The molecule has 0 aromatic heterocycles. The summed E-state index contributed by atoms with van der Waals surface area (Å²) in [6.45, 7) is 2.43. The summed E-state index contributed by atoms with van der Waals surface area (Å²) in [5.74, 6) is 0.807. The molecule has 0 amide bonds. The van der Waals surface area contributed by atoms with Crippen molar-refractivity contribution >= 4 is 5.69 Å². The summed E-state index contributed by atoms with van der Waals surface area (Å²) in [5, 5.41) is 0. The molecule has 3 heteroatoms. The lowest BCUT2D eigenvalue weighted by Crippen LogP contribution is -2.23. The molecule has 1 aromatic rings. The van der Waals surface area contributed by atoms with E-state index in [-0.39, 0.29) is 6.04 Å². The molecule has 12 heavy (non-hydrogen) atoms. The van der Waals surface area contributed by atoms with E-state index in [1.807, 2.05) is 19.1 Å². The molecule has 0 aliphatic rings. The van der Waals surface area contributed by atoms with Gasteiger partial charge in [0.25, 0.3) is 0 Å². The maximum Gasteiger partial charge on any atom is 0.119 e. The number of benzene rings is 1. The van der Waals surface area contributed by atoms with Gasteiger partial charge in [-0.15, -0.1) is 0 Å². The zero-order valence-corrected chi connectivity index (χ0v) is 7.16. The Balaban J connectivity index is 2.48. The number of ether oxygens (including phenoxy) is 1. The highest BCUT2D eigenvalue weighted by molar-refractivity contribution is 5.41. The molecule has 3 nitrogen and oxygen atoms in total. The summed E-state index contributed by atoms with van der Waals surface area (Å²) in [7, 11) is 0. The SMILES string of the molecule is CC(N)COc1ccc(N)cc1. The van der Waals surface area contributed by atoms with Crippen LogP contribution in [0.2, 0.25) is 0 Å². The van der Waals surface area contributed by atoms with Gasteiger partial charge in [0.2, 0.25) is 0 Å². The van der Waals surface area contributed by atoms with Gasteiger partial charge in [-0.2, -0.15) is 0 Å². The van der Waals surface area contributed by atoms with Crippen LogP contribution in [0.1, 0.15) is 6.92 Å². The zero-order valence-electron chi connectivity index (χ0n) is 7.16. The highest BCUT2D eigenvalue weighted by Crippen LogP contribution is 2.12. The van der Waals surface area contributed by atoms with E-state index in [9.17, 15) is 0 Å². The van der Waals surface area contributed by atoms with Crippen molar-refractivity contribution in [1.29, 1.82) is 0 Å². The van der Waals surface area contributed by atoms with E-state index in [0.717, 1.165) is 11.4 Å². The van der Waals surface area contributed by atoms with Crippen LogP contribution >= 0.6 is 0 Å². The molecule has 1 rings (SSSR count). The minimum atomic E-state index is 0.0579. The first-order valence-corrected chi connectivity index (χ1v) is 3.92. The van der Waals surface area contributed by atoms with Crippen molar-refractivity contribution in [3.8, 4) is 5.75 Å². The maximum absolute atomic E-state index is 5.52. The summed E-state index contributed by atoms with van der Waals surface area (Å²) >= 11 is 0. The van der Waals surface area contributed by atoms with E-state index in [2.05, 4.69) is 0 Å². The Hall–Kier alpha value is -1.22. The smallest absolute Gasteiger partial charge is 0.119 e. The third-order valence-electron chi connectivity index (χ3n) is 1.39. The Morgan fingerprint density at radius 3 is 2.42 bits per heavy atom. The largest absolute Gasteiger partial charge is 0.492 e. The van der Waals surface area contributed by atoms with Crippen LogP contribution in [0.3, 0.4) is 0 Å². The second-order valence-corrected chi connectivity index (χ2v) is 2.86. The normalized spacial score (nSPS) is 12.5. The number of nitrogens with two attached hydrogens (primary N) is 2. The fourth-order valence-electron chi connectivity index (χ4n) is 0.792. The van der Waals surface area contributed by atoms with Gasteiger partial charge in [0.15, 0.2) is 0 Å². The molecule has 0 saturated carbocycles. The summed E-state index contributed by atoms with van der Waals surface area (Å²) in [5.41, 5.74) is 11.8. The fourth-order valence-corrected chi connectivity index (χ4v) is 0.792. The summed E-state index contributed by atoms with van der Waals surface area (Å²) in [6.07, 6.45) is 0. The van der Waals surface area contributed by atoms with E-state index >= 15 is 0 Å². The molecule has 0 saturated heterocycles. The van der Waals surface area contributed by atoms with Gasteiger partial charge in [0, 0.05) is 11.7 Å². The molecular weight excluding hydrogens is 152 g/mol. The lowest BCUT2D eigenvalue weighted by molar-refractivity contribution is 0.296.